The Morgan fingerprint density at radius 1 is 1.20 bits per heavy atom. The van der Waals surface area contributed by atoms with Gasteiger partial charge in [0.1, 0.15) is 17.6 Å². The summed E-state index contributed by atoms with van der Waals surface area (Å²) in [5.41, 5.74) is 2.81. The summed E-state index contributed by atoms with van der Waals surface area (Å²) < 4.78 is 1.20. The second kappa shape index (κ2) is 6.43. The van der Waals surface area contributed by atoms with E-state index in [1.54, 1.807) is 11.3 Å². The number of likely N-dealkylation sites (N-methyl/N-ethyl adjacent to an activating group) is 1. The van der Waals surface area contributed by atoms with Crippen LogP contribution in [0.2, 0.25) is 0 Å². The predicted octanol–water partition coefficient (Wildman–Crippen LogP) is 3.06. The second-order valence-electron chi connectivity index (χ2n) is 6.43. The third-order valence-electron chi connectivity index (χ3n) is 4.76. The number of thiazole rings is 1. The van der Waals surface area contributed by atoms with Crippen LogP contribution in [-0.4, -0.2) is 28.8 Å². The van der Waals surface area contributed by atoms with Crippen molar-refractivity contribution in [3.8, 4) is 0 Å². The molecule has 126 valence electrons. The van der Waals surface area contributed by atoms with E-state index in [1.807, 2.05) is 55.6 Å². The highest BCUT2D eigenvalue weighted by atomic mass is 32.1. The largest absolute Gasteiger partial charge is 0.360 e. The van der Waals surface area contributed by atoms with Gasteiger partial charge in [0.05, 0.1) is 17.3 Å². The predicted molar refractivity (Wildman–Crippen MR) is 102 cm³/mol. The number of fused-ring (bicyclic) bond motifs is 2. The summed E-state index contributed by atoms with van der Waals surface area (Å²) in [6, 6.07) is 16.0. The van der Waals surface area contributed by atoms with Crippen LogP contribution in [0.4, 0.5) is 0 Å². The summed E-state index contributed by atoms with van der Waals surface area (Å²) in [5, 5.41) is 2.06. The van der Waals surface area contributed by atoms with Gasteiger partial charge in [-0.3, -0.25) is 4.79 Å². The number of H-pyrrole nitrogens is 1. The number of benzene rings is 2. The van der Waals surface area contributed by atoms with Crippen LogP contribution in [0.5, 0.6) is 0 Å². The van der Waals surface area contributed by atoms with E-state index in [2.05, 4.69) is 23.1 Å². The van der Waals surface area contributed by atoms with E-state index in [9.17, 15) is 4.79 Å². The van der Waals surface area contributed by atoms with Crippen molar-refractivity contribution in [2.75, 3.05) is 7.05 Å². The minimum absolute atomic E-state index is 0.133. The Bertz CT molecular complexity index is 1020. The standard InChI is InChI=1S/C20H19N3OS/c1-13(20(24)15-11-21-16-8-4-3-7-14(15)16)23(2)12-19-22-17-9-5-6-10-18(17)25-19/h3-11,13,21H,12H2,1-2H3/p+1/t13-/m1/s1. The first kappa shape index (κ1) is 16.0. The van der Waals surface area contributed by atoms with E-state index >= 15 is 0 Å². The molecule has 2 aromatic carbocycles. The van der Waals surface area contributed by atoms with Gasteiger partial charge in [0.25, 0.3) is 0 Å². The fraction of sp³-hybridized carbons (Fsp3) is 0.200. The average molecular weight is 350 g/mol. The third kappa shape index (κ3) is 2.97. The maximum absolute atomic E-state index is 13.0. The molecule has 0 spiro atoms. The molecule has 2 heterocycles. The highest BCUT2D eigenvalue weighted by Crippen LogP contribution is 2.21. The molecule has 4 nitrogen and oxygen atoms in total. The van der Waals surface area contributed by atoms with E-state index in [0.717, 1.165) is 38.4 Å². The molecule has 2 N–H and O–H groups in total. The Balaban J connectivity index is 1.55. The number of Topliss-reactive ketones (excluding diaryl/α,β-unsaturated/α-hetero) is 1. The fourth-order valence-electron chi connectivity index (χ4n) is 3.12. The molecule has 0 aliphatic carbocycles. The van der Waals surface area contributed by atoms with E-state index in [1.165, 1.54) is 4.70 Å². The molecule has 4 rings (SSSR count). The van der Waals surface area contributed by atoms with E-state index < -0.39 is 0 Å². The zero-order valence-electron chi connectivity index (χ0n) is 14.2. The first-order valence-electron chi connectivity index (χ1n) is 8.40. The lowest BCUT2D eigenvalue weighted by Crippen LogP contribution is -3.12. The van der Waals surface area contributed by atoms with Crippen molar-refractivity contribution in [3.63, 3.8) is 0 Å². The zero-order chi connectivity index (χ0) is 17.4. The summed E-state index contributed by atoms with van der Waals surface area (Å²) in [6.07, 6.45) is 1.83. The maximum atomic E-state index is 13.0. The Labute approximate surface area is 150 Å². The topological polar surface area (TPSA) is 50.2 Å². The Morgan fingerprint density at radius 3 is 2.80 bits per heavy atom. The lowest BCUT2D eigenvalue weighted by molar-refractivity contribution is -0.907. The first-order chi connectivity index (χ1) is 12.1. The van der Waals surface area contributed by atoms with Gasteiger partial charge in [0, 0.05) is 22.7 Å². The SMILES string of the molecule is C[C@H](C(=O)c1c[nH]c2ccccc12)[NH+](C)Cc1nc2ccccc2s1. The van der Waals surface area contributed by atoms with Gasteiger partial charge in [-0.1, -0.05) is 30.3 Å². The maximum Gasteiger partial charge on any atom is 0.221 e. The number of nitrogens with one attached hydrogen (secondary N) is 2. The van der Waals surface area contributed by atoms with Gasteiger partial charge in [0.15, 0.2) is 0 Å². The molecule has 1 unspecified atom stereocenters. The number of rotatable bonds is 5. The summed E-state index contributed by atoms with van der Waals surface area (Å²) in [4.78, 5) is 22.0. The Kier molecular flexibility index (Phi) is 4.11. The number of carbonyl (C=O) groups excluding carboxylic acids is 1. The quantitative estimate of drug-likeness (QED) is 0.544. The molecule has 25 heavy (non-hydrogen) atoms. The Morgan fingerprint density at radius 2 is 1.96 bits per heavy atom. The highest BCUT2D eigenvalue weighted by Gasteiger charge is 2.26. The fourth-order valence-corrected chi connectivity index (χ4v) is 4.18. The molecule has 0 fully saturated rings. The monoisotopic (exact) mass is 350 g/mol. The van der Waals surface area contributed by atoms with Gasteiger partial charge >= 0.3 is 0 Å². The minimum atomic E-state index is -0.133. The number of aromatic nitrogens is 2. The summed E-state index contributed by atoms with van der Waals surface area (Å²) in [6.45, 7) is 2.74. The number of para-hydroxylation sites is 2. The Hall–Kier alpha value is -2.50. The molecule has 0 aliphatic rings. The van der Waals surface area contributed by atoms with Crippen LogP contribution in [0, 0.1) is 0 Å². The molecule has 5 heteroatoms. The van der Waals surface area contributed by atoms with E-state index in [4.69, 9.17) is 0 Å². The molecule has 0 bridgehead atoms. The van der Waals surface area contributed by atoms with Crippen LogP contribution in [-0.2, 0) is 6.54 Å². The molecule has 2 aromatic heterocycles. The van der Waals surface area contributed by atoms with Crippen LogP contribution in [0.3, 0.4) is 0 Å². The number of ketones is 1. The van der Waals surface area contributed by atoms with E-state index in [0.29, 0.717) is 0 Å². The second-order valence-corrected chi connectivity index (χ2v) is 7.55. The molecule has 0 radical (unpaired) electrons. The van der Waals surface area contributed by atoms with Crippen LogP contribution in [0.1, 0.15) is 22.3 Å². The van der Waals surface area contributed by atoms with Crippen molar-refractivity contribution < 1.29 is 9.69 Å². The van der Waals surface area contributed by atoms with Crippen molar-refractivity contribution in [1.29, 1.82) is 0 Å². The summed E-state index contributed by atoms with van der Waals surface area (Å²) >= 11 is 1.71. The van der Waals surface area contributed by atoms with Gasteiger partial charge in [-0.05, 0) is 25.1 Å². The van der Waals surface area contributed by atoms with Crippen molar-refractivity contribution in [1.82, 2.24) is 9.97 Å². The number of hydrogen-bond donors (Lipinski definition) is 2. The van der Waals surface area contributed by atoms with Crippen LogP contribution in [0.25, 0.3) is 21.1 Å². The van der Waals surface area contributed by atoms with Gasteiger partial charge in [0.2, 0.25) is 5.78 Å². The number of nitrogens with zero attached hydrogens (tertiary/aromatic N) is 1. The van der Waals surface area contributed by atoms with Crippen molar-refractivity contribution in [2.45, 2.75) is 19.5 Å². The van der Waals surface area contributed by atoms with Gasteiger partial charge < -0.3 is 9.88 Å². The number of carbonyl (C=O) groups is 1. The van der Waals surface area contributed by atoms with E-state index in [-0.39, 0.29) is 11.8 Å². The summed E-state index contributed by atoms with van der Waals surface area (Å²) in [5.74, 6) is 0.163. The molecular formula is C20H20N3OS+. The summed E-state index contributed by atoms with van der Waals surface area (Å²) in [7, 11) is 2.06. The van der Waals surface area contributed by atoms with Crippen LogP contribution in [0.15, 0.2) is 54.7 Å². The van der Waals surface area contributed by atoms with Crippen molar-refractivity contribution >= 4 is 38.2 Å². The molecular weight excluding hydrogens is 330 g/mol. The lowest BCUT2D eigenvalue weighted by Gasteiger charge is -2.19. The number of aromatic amines is 1. The smallest absolute Gasteiger partial charge is 0.221 e. The first-order valence-corrected chi connectivity index (χ1v) is 9.22. The molecule has 4 aromatic rings. The number of quaternary nitrogens is 1. The zero-order valence-corrected chi connectivity index (χ0v) is 15.1. The molecule has 0 aliphatic heterocycles. The molecule has 2 atom stereocenters. The van der Waals surface area contributed by atoms with Gasteiger partial charge in [-0.15, -0.1) is 11.3 Å². The lowest BCUT2D eigenvalue weighted by atomic mass is 10.0. The normalized spacial score (nSPS) is 14.0. The van der Waals surface area contributed by atoms with Crippen molar-refractivity contribution in [2.24, 2.45) is 0 Å². The highest BCUT2D eigenvalue weighted by molar-refractivity contribution is 7.18. The molecule has 0 amide bonds. The third-order valence-corrected chi connectivity index (χ3v) is 5.79. The molecule has 0 saturated carbocycles. The van der Waals surface area contributed by atoms with Crippen LogP contribution >= 0.6 is 11.3 Å². The average Bonchev–Trinajstić information content (AvgIpc) is 3.23. The van der Waals surface area contributed by atoms with Crippen molar-refractivity contribution in [3.05, 3.63) is 65.3 Å². The number of hydrogen-bond acceptors (Lipinski definition) is 3. The van der Waals surface area contributed by atoms with Gasteiger partial charge in [-0.2, -0.15) is 0 Å². The molecule has 0 saturated heterocycles. The van der Waals surface area contributed by atoms with Gasteiger partial charge in [-0.25, -0.2) is 4.98 Å². The minimum Gasteiger partial charge on any atom is -0.360 e. The van der Waals surface area contributed by atoms with Crippen LogP contribution < -0.4 is 4.90 Å².